The van der Waals surface area contributed by atoms with Crippen LogP contribution in [0.15, 0.2) is 0 Å². The summed E-state index contributed by atoms with van der Waals surface area (Å²) in [4.78, 5) is 0. The van der Waals surface area contributed by atoms with Crippen molar-refractivity contribution in [3.8, 4) is 0 Å². The van der Waals surface area contributed by atoms with Gasteiger partial charge in [0.2, 0.25) is 5.92 Å². The highest BCUT2D eigenvalue weighted by molar-refractivity contribution is 5.00. The first-order valence-corrected chi connectivity index (χ1v) is 5.42. The molecule has 0 unspecified atom stereocenters. The van der Waals surface area contributed by atoms with E-state index >= 15 is 0 Å². The third-order valence-electron chi connectivity index (χ3n) is 3.57. The predicted molar refractivity (Wildman–Crippen MR) is 50.4 cm³/mol. The molecule has 0 aromatic heterocycles. The molecule has 1 heterocycles. The van der Waals surface area contributed by atoms with Crippen LogP contribution in [0, 0.1) is 11.3 Å². The molecule has 2 aliphatic rings. The molecule has 2 rings (SSSR count). The molecule has 0 N–H and O–H groups in total. The lowest BCUT2D eigenvalue weighted by atomic mass is 9.62. The van der Waals surface area contributed by atoms with Gasteiger partial charge in [-0.2, -0.15) is 0 Å². The molecule has 1 nitrogen and oxygen atoms in total. The number of rotatable bonds is 1. The summed E-state index contributed by atoms with van der Waals surface area (Å²) >= 11 is 0. The first-order valence-electron chi connectivity index (χ1n) is 5.42. The van der Waals surface area contributed by atoms with Gasteiger partial charge in [0.05, 0.1) is 12.7 Å². The fourth-order valence-corrected chi connectivity index (χ4v) is 2.74. The number of ether oxygens (including phenoxy) is 1. The summed E-state index contributed by atoms with van der Waals surface area (Å²) < 4.78 is 31.2. The van der Waals surface area contributed by atoms with Crippen molar-refractivity contribution in [1.82, 2.24) is 0 Å². The van der Waals surface area contributed by atoms with Crippen molar-refractivity contribution < 1.29 is 13.5 Å². The molecule has 1 saturated heterocycles. The maximum absolute atomic E-state index is 12.8. The SMILES string of the molecule is CC(C)[C@H]1CCC2(CO1)CC(F)(F)C2. The molecule has 0 aromatic carbocycles. The van der Waals surface area contributed by atoms with Crippen LogP contribution in [0.1, 0.15) is 39.5 Å². The van der Waals surface area contributed by atoms with E-state index < -0.39 is 5.92 Å². The van der Waals surface area contributed by atoms with Crippen LogP contribution in [-0.2, 0) is 4.74 Å². The van der Waals surface area contributed by atoms with E-state index in [4.69, 9.17) is 4.74 Å². The molecule has 0 bridgehead atoms. The zero-order chi connectivity index (χ0) is 10.4. The minimum atomic E-state index is -2.41. The van der Waals surface area contributed by atoms with Crippen LogP contribution in [-0.4, -0.2) is 18.6 Å². The topological polar surface area (TPSA) is 9.23 Å². The Morgan fingerprint density at radius 2 is 1.93 bits per heavy atom. The summed E-state index contributed by atoms with van der Waals surface area (Å²) in [6, 6.07) is 0. The van der Waals surface area contributed by atoms with Gasteiger partial charge in [0.15, 0.2) is 0 Å². The fourth-order valence-electron chi connectivity index (χ4n) is 2.74. The van der Waals surface area contributed by atoms with E-state index in [9.17, 15) is 8.78 Å². The fraction of sp³-hybridized carbons (Fsp3) is 1.00. The molecule has 2 fully saturated rings. The molecule has 0 aromatic rings. The molecular weight excluding hydrogens is 186 g/mol. The largest absolute Gasteiger partial charge is 0.377 e. The molecule has 1 aliphatic heterocycles. The molecule has 1 atom stereocenters. The molecule has 14 heavy (non-hydrogen) atoms. The third kappa shape index (κ3) is 1.79. The van der Waals surface area contributed by atoms with Crippen molar-refractivity contribution in [2.24, 2.45) is 11.3 Å². The number of hydrogen-bond donors (Lipinski definition) is 0. The standard InChI is InChI=1S/C11H18F2O/c1-8(2)9-3-4-10(7-14-9)5-11(12,13)6-10/h8-9H,3-7H2,1-2H3/t9-/m1/s1. The van der Waals surface area contributed by atoms with E-state index in [1.54, 1.807) is 0 Å². The van der Waals surface area contributed by atoms with E-state index in [1.165, 1.54) is 0 Å². The number of halogens is 2. The van der Waals surface area contributed by atoms with Crippen LogP contribution in [0.2, 0.25) is 0 Å². The van der Waals surface area contributed by atoms with Crippen molar-refractivity contribution in [3.05, 3.63) is 0 Å². The summed E-state index contributed by atoms with van der Waals surface area (Å²) in [5, 5.41) is 0. The van der Waals surface area contributed by atoms with E-state index in [-0.39, 0.29) is 24.4 Å². The lowest BCUT2D eigenvalue weighted by Gasteiger charge is -2.51. The van der Waals surface area contributed by atoms with Crippen LogP contribution >= 0.6 is 0 Å². The van der Waals surface area contributed by atoms with Gasteiger partial charge in [-0.25, -0.2) is 8.78 Å². The summed E-state index contributed by atoms with van der Waals surface area (Å²) in [6.45, 7) is 4.79. The molecule has 3 heteroatoms. The Morgan fingerprint density at radius 3 is 2.29 bits per heavy atom. The average Bonchev–Trinajstić information content (AvgIpc) is 2.01. The van der Waals surface area contributed by atoms with Gasteiger partial charge in [0.1, 0.15) is 0 Å². The molecule has 0 amide bonds. The molecule has 1 aliphatic carbocycles. The Hall–Kier alpha value is -0.180. The molecule has 82 valence electrons. The Kier molecular flexibility index (Phi) is 2.33. The van der Waals surface area contributed by atoms with Gasteiger partial charge in [-0.1, -0.05) is 13.8 Å². The van der Waals surface area contributed by atoms with Gasteiger partial charge >= 0.3 is 0 Å². The zero-order valence-corrected chi connectivity index (χ0v) is 8.85. The maximum atomic E-state index is 12.8. The van der Waals surface area contributed by atoms with Crippen molar-refractivity contribution in [1.29, 1.82) is 0 Å². The second kappa shape index (κ2) is 3.16. The van der Waals surface area contributed by atoms with Crippen molar-refractivity contribution in [3.63, 3.8) is 0 Å². The van der Waals surface area contributed by atoms with Gasteiger partial charge in [0, 0.05) is 18.3 Å². The maximum Gasteiger partial charge on any atom is 0.249 e. The van der Waals surface area contributed by atoms with E-state index in [0.29, 0.717) is 12.5 Å². The monoisotopic (exact) mass is 204 g/mol. The molecular formula is C11H18F2O. The van der Waals surface area contributed by atoms with Crippen molar-refractivity contribution in [2.75, 3.05) is 6.61 Å². The minimum absolute atomic E-state index is 0.0464. The Morgan fingerprint density at radius 1 is 1.29 bits per heavy atom. The van der Waals surface area contributed by atoms with Gasteiger partial charge in [-0.05, 0) is 18.8 Å². The quantitative estimate of drug-likeness (QED) is 0.637. The minimum Gasteiger partial charge on any atom is -0.377 e. The first kappa shape index (κ1) is 10.3. The summed E-state index contributed by atoms with van der Waals surface area (Å²) in [5.74, 6) is -1.90. The highest BCUT2D eigenvalue weighted by atomic mass is 19.3. The van der Waals surface area contributed by atoms with E-state index in [1.807, 2.05) is 0 Å². The predicted octanol–water partition coefficient (Wildman–Crippen LogP) is 3.24. The molecule has 1 saturated carbocycles. The number of alkyl halides is 2. The van der Waals surface area contributed by atoms with Crippen molar-refractivity contribution in [2.45, 2.75) is 51.6 Å². The second-order valence-corrected chi connectivity index (χ2v) is 5.34. The second-order valence-electron chi connectivity index (χ2n) is 5.34. The number of hydrogen-bond acceptors (Lipinski definition) is 1. The van der Waals surface area contributed by atoms with Crippen LogP contribution in [0.5, 0.6) is 0 Å². The van der Waals surface area contributed by atoms with Gasteiger partial charge in [-0.15, -0.1) is 0 Å². The van der Waals surface area contributed by atoms with E-state index in [2.05, 4.69) is 13.8 Å². The third-order valence-corrected chi connectivity index (χ3v) is 3.57. The Bertz CT molecular complexity index is 207. The van der Waals surface area contributed by atoms with Crippen LogP contribution < -0.4 is 0 Å². The highest BCUT2D eigenvalue weighted by Crippen LogP contribution is 2.56. The highest BCUT2D eigenvalue weighted by Gasteiger charge is 2.57. The van der Waals surface area contributed by atoms with Gasteiger partial charge in [0.25, 0.3) is 0 Å². The first-order chi connectivity index (χ1) is 6.43. The van der Waals surface area contributed by atoms with Crippen molar-refractivity contribution >= 4 is 0 Å². The van der Waals surface area contributed by atoms with Gasteiger partial charge in [-0.3, -0.25) is 0 Å². The van der Waals surface area contributed by atoms with Crippen LogP contribution in [0.4, 0.5) is 8.78 Å². The Balaban J connectivity index is 1.86. The normalized spacial score (nSPS) is 34.5. The lowest BCUT2D eigenvalue weighted by molar-refractivity contribution is -0.215. The van der Waals surface area contributed by atoms with Gasteiger partial charge < -0.3 is 4.74 Å². The smallest absolute Gasteiger partial charge is 0.249 e. The molecule has 0 radical (unpaired) electrons. The zero-order valence-electron chi connectivity index (χ0n) is 8.85. The molecule has 1 spiro atoms. The van der Waals surface area contributed by atoms with Crippen LogP contribution in [0.25, 0.3) is 0 Å². The Labute approximate surface area is 83.8 Å². The lowest BCUT2D eigenvalue weighted by Crippen LogP contribution is -2.52. The van der Waals surface area contributed by atoms with E-state index in [0.717, 1.165) is 12.8 Å². The average molecular weight is 204 g/mol. The summed E-state index contributed by atoms with van der Waals surface area (Å²) in [6.07, 6.45) is 2.25. The summed E-state index contributed by atoms with van der Waals surface area (Å²) in [5.41, 5.74) is -0.172. The van der Waals surface area contributed by atoms with Crippen LogP contribution in [0.3, 0.4) is 0 Å². The summed E-state index contributed by atoms with van der Waals surface area (Å²) in [7, 11) is 0.